The average molecular weight is 471 g/mol. The molecule has 2 aromatic heterocycles. The molecule has 1 fully saturated rings. The molecule has 0 unspecified atom stereocenters. The van der Waals surface area contributed by atoms with E-state index in [-0.39, 0.29) is 5.91 Å². The maximum Gasteiger partial charge on any atom is 0.416 e. The Morgan fingerprint density at radius 2 is 1.76 bits per heavy atom. The minimum atomic E-state index is -4.37. The van der Waals surface area contributed by atoms with Crippen LogP contribution in [0.4, 0.5) is 18.9 Å². The number of nitrogens with zero attached hydrogens (tertiary/aromatic N) is 4. The first-order valence-electron chi connectivity index (χ1n) is 10.5. The van der Waals surface area contributed by atoms with Crippen LogP contribution in [0.3, 0.4) is 0 Å². The van der Waals surface area contributed by atoms with Gasteiger partial charge in [-0.1, -0.05) is 35.9 Å². The van der Waals surface area contributed by atoms with Gasteiger partial charge in [0.05, 0.1) is 11.3 Å². The Kier molecular flexibility index (Phi) is 5.36. The molecule has 1 amide bonds. The van der Waals surface area contributed by atoms with Crippen molar-refractivity contribution in [1.82, 2.24) is 14.3 Å². The molecule has 0 radical (unpaired) electrons. The van der Waals surface area contributed by atoms with Crippen molar-refractivity contribution in [2.45, 2.75) is 13.1 Å². The summed E-state index contributed by atoms with van der Waals surface area (Å²) in [6.45, 7) is 3.84. The van der Waals surface area contributed by atoms with Gasteiger partial charge in [0, 0.05) is 49.0 Å². The molecule has 33 heavy (non-hydrogen) atoms. The molecule has 2 aromatic carbocycles. The van der Waals surface area contributed by atoms with Crippen molar-refractivity contribution in [3.8, 4) is 11.3 Å². The molecule has 170 valence electrons. The molecule has 0 N–H and O–H groups in total. The predicted octanol–water partition coefficient (Wildman–Crippen LogP) is 5.35. The summed E-state index contributed by atoms with van der Waals surface area (Å²) >= 11 is 1.41. The van der Waals surface area contributed by atoms with Crippen LogP contribution in [0.15, 0.2) is 60.1 Å². The number of imidazole rings is 1. The van der Waals surface area contributed by atoms with Crippen molar-refractivity contribution in [3.63, 3.8) is 0 Å². The Bertz CT molecular complexity index is 1300. The summed E-state index contributed by atoms with van der Waals surface area (Å²) in [4.78, 5) is 22.2. The first-order chi connectivity index (χ1) is 15.8. The summed E-state index contributed by atoms with van der Waals surface area (Å²) in [7, 11) is 0. The zero-order valence-electron chi connectivity index (χ0n) is 17.8. The number of amides is 1. The Labute approximate surface area is 192 Å². The highest BCUT2D eigenvalue weighted by atomic mass is 32.1. The number of hydrogen-bond acceptors (Lipinski definition) is 4. The first-order valence-corrected chi connectivity index (χ1v) is 11.4. The van der Waals surface area contributed by atoms with Gasteiger partial charge in [0.2, 0.25) is 0 Å². The van der Waals surface area contributed by atoms with Gasteiger partial charge >= 0.3 is 6.18 Å². The van der Waals surface area contributed by atoms with Crippen LogP contribution in [0.2, 0.25) is 0 Å². The zero-order valence-corrected chi connectivity index (χ0v) is 18.7. The van der Waals surface area contributed by atoms with Crippen molar-refractivity contribution in [3.05, 3.63) is 76.9 Å². The molecule has 0 aliphatic carbocycles. The smallest absolute Gasteiger partial charge is 0.368 e. The summed E-state index contributed by atoms with van der Waals surface area (Å²) in [5, 5.41) is 1.81. The van der Waals surface area contributed by atoms with Gasteiger partial charge in [-0.05, 0) is 25.1 Å². The molecule has 0 bridgehead atoms. The molecule has 0 saturated carbocycles. The Morgan fingerprint density at radius 3 is 2.45 bits per heavy atom. The summed E-state index contributed by atoms with van der Waals surface area (Å²) < 4.78 is 40.9. The summed E-state index contributed by atoms with van der Waals surface area (Å²) in [5.41, 5.74) is 3.37. The lowest BCUT2D eigenvalue weighted by atomic mass is 10.1. The van der Waals surface area contributed by atoms with Crippen molar-refractivity contribution < 1.29 is 18.0 Å². The van der Waals surface area contributed by atoms with E-state index in [1.54, 1.807) is 11.0 Å². The van der Waals surface area contributed by atoms with E-state index in [0.29, 0.717) is 37.6 Å². The highest BCUT2D eigenvalue weighted by molar-refractivity contribution is 7.15. The monoisotopic (exact) mass is 470 g/mol. The van der Waals surface area contributed by atoms with Crippen LogP contribution >= 0.6 is 11.3 Å². The van der Waals surface area contributed by atoms with Gasteiger partial charge < -0.3 is 9.80 Å². The van der Waals surface area contributed by atoms with E-state index in [2.05, 4.69) is 4.98 Å². The van der Waals surface area contributed by atoms with Crippen LogP contribution < -0.4 is 4.90 Å². The Hall–Kier alpha value is -3.33. The van der Waals surface area contributed by atoms with Gasteiger partial charge in [0.1, 0.15) is 5.69 Å². The molecule has 1 aliphatic rings. The molecule has 0 atom stereocenters. The standard InChI is InChI=1S/C24H21F3N4OS/c1-16-5-7-17(8-6-16)20-14-31-21(15-33-23(31)28-20)22(32)30-11-9-29(10-12-30)19-4-2-3-18(13-19)24(25,26)27/h2-8,13-15H,9-12H2,1H3. The molecule has 5 rings (SSSR count). The fourth-order valence-corrected chi connectivity index (χ4v) is 4.86. The van der Waals surface area contributed by atoms with Crippen LogP contribution in [0, 0.1) is 6.92 Å². The average Bonchev–Trinajstić information content (AvgIpc) is 3.40. The second kappa shape index (κ2) is 8.22. The van der Waals surface area contributed by atoms with E-state index < -0.39 is 11.7 Å². The highest BCUT2D eigenvalue weighted by Crippen LogP contribution is 2.32. The highest BCUT2D eigenvalue weighted by Gasteiger charge is 2.31. The number of carbonyl (C=O) groups is 1. The number of carbonyl (C=O) groups excluding carboxylic acids is 1. The van der Waals surface area contributed by atoms with E-state index in [9.17, 15) is 18.0 Å². The number of fused-ring (bicyclic) bond motifs is 1. The van der Waals surface area contributed by atoms with Crippen molar-refractivity contribution in [2.75, 3.05) is 31.1 Å². The molecule has 9 heteroatoms. The fourth-order valence-electron chi connectivity index (χ4n) is 4.01. The minimum absolute atomic E-state index is 0.0993. The topological polar surface area (TPSA) is 40.9 Å². The van der Waals surface area contributed by atoms with E-state index in [0.717, 1.165) is 28.4 Å². The van der Waals surface area contributed by atoms with Crippen LogP contribution in [0.25, 0.3) is 16.2 Å². The van der Waals surface area contributed by atoms with Gasteiger partial charge in [0.15, 0.2) is 4.96 Å². The van der Waals surface area contributed by atoms with Gasteiger partial charge in [-0.25, -0.2) is 4.98 Å². The fraction of sp³-hybridized carbons (Fsp3) is 0.250. The Morgan fingerprint density at radius 1 is 1.03 bits per heavy atom. The number of thiazole rings is 1. The number of alkyl halides is 3. The lowest BCUT2D eigenvalue weighted by Gasteiger charge is -2.36. The number of hydrogen-bond donors (Lipinski definition) is 0. The van der Waals surface area contributed by atoms with E-state index in [4.69, 9.17) is 0 Å². The number of halogens is 3. The third kappa shape index (κ3) is 4.20. The SMILES string of the molecule is Cc1ccc(-c2cn3c(C(=O)N4CCN(c5cccc(C(F)(F)F)c5)CC4)csc3n2)cc1. The maximum atomic E-state index is 13.2. The zero-order chi connectivity index (χ0) is 23.2. The molecule has 1 saturated heterocycles. The molecule has 3 heterocycles. The van der Waals surface area contributed by atoms with Crippen molar-refractivity contribution >= 4 is 27.9 Å². The molecule has 4 aromatic rings. The minimum Gasteiger partial charge on any atom is -0.368 e. The molecule has 0 spiro atoms. The Balaban J connectivity index is 1.31. The van der Waals surface area contributed by atoms with Crippen LogP contribution in [0.1, 0.15) is 21.6 Å². The van der Waals surface area contributed by atoms with Gasteiger partial charge in [-0.2, -0.15) is 13.2 Å². The van der Waals surface area contributed by atoms with Crippen LogP contribution in [0.5, 0.6) is 0 Å². The van der Waals surface area contributed by atoms with Gasteiger partial charge in [-0.3, -0.25) is 9.20 Å². The third-order valence-corrected chi connectivity index (χ3v) is 6.72. The maximum absolute atomic E-state index is 13.2. The number of benzene rings is 2. The van der Waals surface area contributed by atoms with Crippen LogP contribution in [-0.4, -0.2) is 46.4 Å². The number of anilines is 1. The molecule has 5 nitrogen and oxygen atoms in total. The van der Waals surface area contributed by atoms with E-state index >= 15 is 0 Å². The second-order valence-corrected chi connectivity index (χ2v) is 8.93. The van der Waals surface area contributed by atoms with Crippen LogP contribution in [-0.2, 0) is 6.18 Å². The summed E-state index contributed by atoms with van der Waals surface area (Å²) in [5.74, 6) is -0.0993. The largest absolute Gasteiger partial charge is 0.416 e. The quantitative estimate of drug-likeness (QED) is 0.405. The molecular weight excluding hydrogens is 449 g/mol. The van der Waals surface area contributed by atoms with Crippen molar-refractivity contribution in [1.29, 1.82) is 0 Å². The number of piperazine rings is 1. The lowest BCUT2D eigenvalue weighted by Crippen LogP contribution is -2.49. The normalized spacial score (nSPS) is 14.8. The number of aromatic nitrogens is 2. The number of aryl methyl sites for hydroxylation is 1. The number of rotatable bonds is 3. The lowest BCUT2D eigenvalue weighted by molar-refractivity contribution is -0.137. The summed E-state index contributed by atoms with van der Waals surface area (Å²) in [6.07, 6.45) is -2.50. The van der Waals surface area contributed by atoms with Gasteiger partial charge in [0.25, 0.3) is 5.91 Å². The second-order valence-electron chi connectivity index (χ2n) is 8.09. The summed E-state index contributed by atoms with van der Waals surface area (Å²) in [6, 6.07) is 13.4. The molecular formula is C24H21F3N4OS. The van der Waals surface area contributed by atoms with Crippen molar-refractivity contribution in [2.24, 2.45) is 0 Å². The molecule has 1 aliphatic heterocycles. The van der Waals surface area contributed by atoms with E-state index in [1.807, 2.05) is 52.1 Å². The third-order valence-electron chi connectivity index (χ3n) is 5.88. The predicted molar refractivity (Wildman–Crippen MR) is 123 cm³/mol. The first kappa shape index (κ1) is 21.5. The van der Waals surface area contributed by atoms with Gasteiger partial charge in [-0.15, -0.1) is 11.3 Å². The van der Waals surface area contributed by atoms with E-state index in [1.165, 1.54) is 23.0 Å².